The molecule has 11 heteroatoms. The SMILES string of the molecule is Cc1ccc(CNC[C@H](NC(=O)CNC(=O)Cc2cc(C(F)(F)F)ccc2N)C(=O)NC(C)(C)C)c(C)c1. The highest BCUT2D eigenvalue weighted by molar-refractivity contribution is 5.91. The Morgan fingerprint density at radius 3 is 2.24 bits per heavy atom. The van der Waals surface area contributed by atoms with Crippen LogP contribution in [0.2, 0.25) is 0 Å². The lowest BCUT2D eigenvalue weighted by atomic mass is 10.1. The van der Waals surface area contributed by atoms with Crippen molar-refractivity contribution in [1.82, 2.24) is 21.3 Å². The van der Waals surface area contributed by atoms with Crippen LogP contribution in [-0.4, -0.2) is 42.4 Å². The van der Waals surface area contributed by atoms with Crippen LogP contribution < -0.4 is 27.0 Å². The Balaban J connectivity index is 1.97. The summed E-state index contributed by atoms with van der Waals surface area (Å²) < 4.78 is 38.9. The highest BCUT2D eigenvalue weighted by Crippen LogP contribution is 2.31. The molecule has 0 heterocycles. The van der Waals surface area contributed by atoms with Crippen molar-refractivity contribution in [2.45, 2.75) is 65.3 Å². The molecular formula is C27H36F3N5O3. The van der Waals surface area contributed by atoms with Crippen molar-refractivity contribution in [3.8, 4) is 0 Å². The third kappa shape index (κ3) is 10.0. The lowest BCUT2D eigenvalue weighted by Gasteiger charge is -2.26. The second-order valence-electron chi connectivity index (χ2n) is 10.3. The van der Waals surface area contributed by atoms with Crippen LogP contribution in [0.15, 0.2) is 36.4 Å². The summed E-state index contributed by atoms with van der Waals surface area (Å²) in [4.78, 5) is 37.7. The molecule has 0 aromatic heterocycles. The van der Waals surface area contributed by atoms with Gasteiger partial charge in [-0.15, -0.1) is 0 Å². The zero-order valence-corrected chi connectivity index (χ0v) is 22.3. The van der Waals surface area contributed by atoms with E-state index in [1.807, 2.05) is 46.8 Å². The number of carbonyl (C=O) groups is 3. The molecule has 2 aromatic rings. The van der Waals surface area contributed by atoms with E-state index in [1.165, 1.54) is 0 Å². The van der Waals surface area contributed by atoms with Gasteiger partial charge in [-0.3, -0.25) is 14.4 Å². The molecule has 0 radical (unpaired) electrons. The summed E-state index contributed by atoms with van der Waals surface area (Å²) in [5, 5.41) is 11.0. The van der Waals surface area contributed by atoms with Crippen LogP contribution in [0.3, 0.4) is 0 Å². The van der Waals surface area contributed by atoms with Crippen LogP contribution in [-0.2, 0) is 33.5 Å². The van der Waals surface area contributed by atoms with Crippen molar-refractivity contribution in [3.05, 3.63) is 64.2 Å². The Labute approximate surface area is 220 Å². The fraction of sp³-hybridized carbons (Fsp3) is 0.444. The van der Waals surface area contributed by atoms with Gasteiger partial charge >= 0.3 is 6.18 Å². The van der Waals surface area contributed by atoms with Crippen molar-refractivity contribution in [2.75, 3.05) is 18.8 Å². The summed E-state index contributed by atoms with van der Waals surface area (Å²) in [5.74, 6) is -1.71. The molecule has 38 heavy (non-hydrogen) atoms. The van der Waals surface area contributed by atoms with E-state index in [-0.39, 0.29) is 17.8 Å². The minimum absolute atomic E-state index is 0.00392. The monoisotopic (exact) mass is 535 g/mol. The number of benzene rings is 2. The summed E-state index contributed by atoms with van der Waals surface area (Å²) in [6, 6.07) is 7.84. The molecule has 1 atom stereocenters. The average molecular weight is 536 g/mol. The van der Waals surface area contributed by atoms with Gasteiger partial charge in [0.15, 0.2) is 0 Å². The minimum atomic E-state index is -4.58. The number of nitrogens with two attached hydrogens (primary N) is 1. The van der Waals surface area contributed by atoms with Gasteiger partial charge in [0.2, 0.25) is 17.7 Å². The first-order valence-corrected chi connectivity index (χ1v) is 12.2. The topological polar surface area (TPSA) is 125 Å². The van der Waals surface area contributed by atoms with Crippen LogP contribution in [0.25, 0.3) is 0 Å². The second-order valence-corrected chi connectivity index (χ2v) is 10.3. The molecule has 0 fully saturated rings. The van der Waals surface area contributed by atoms with E-state index in [0.717, 1.165) is 34.9 Å². The predicted octanol–water partition coefficient (Wildman–Crippen LogP) is 2.75. The van der Waals surface area contributed by atoms with Crippen LogP contribution in [0, 0.1) is 13.8 Å². The summed E-state index contributed by atoms with van der Waals surface area (Å²) in [6.07, 6.45) is -5.01. The molecule has 0 spiro atoms. The van der Waals surface area contributed by atoms with E-state index in [1.54, 1.807) is 0 Å². The van der Waals surface area contributed by atoms with Crippen molar-refractivity contribution in [2.24, 2.45) is 0 Å². The van der Waals surface area contributed by atoms with Gasteiger partial charge in [0.05, 0.1) is 18.5 Å². The van der Waals surface area contributed by atoms with Crippen LogP contribution in [0.1, 0.15) is 48.6 Å². The number of halogens is 3. The molecule has 8 nitrogen and oxygen atoms in total. The van der Waals surface area contributed by atoms with Gasteiger partial charge in [-0.25, -0.2) is 0 Å². The number of anilines is 1. The predicted molar refractivity (Wildman–Crippen MR) is 140 cm³/mol. The molecule has 0 saturated heterocycles. The van der Waals surface area contributed by atoms with Crippen molar-refractivity contribution < 1.29 is 27.6 Å². The first kappa shape index (κ1) is 30.6. The van der Waals surface area contributed by atoms with E-state index in [4.69, 9.17) is 5.73 Å². The highest BCUT2D eigenvalue weighted by atomic mass is 19.4. The lowest BCUT2D eigenvalue weighted by Crippen LogP contribution is -2.56. The lowest BCUT2D eigenvalue weighted by molar-refractivity contribution is -0.137. The van der Waals surface area contributed by atoms with Crippen molar-refractivity contribution in [1.29, 1.82) is 0 Å². The van der Waals surface area contributed by atoms with Crippen molar-refractivity contribution in [3.63, 3.8) is 0 Å². The van der Waals surface area contributed by atoms with Gasteiger partial charge < -0.3 is 27.0 Å². The van der Waals surface area contributed by atoms with Gasteiger partial charge in [0.1, 0.15) is 6.04 Å². The number of hydrogen-bond acceptors (Lipinski definition) is 5. The molecule has 6 N–H and O–H groups in total. The maximum Gasteiger partial charge on any atom is 0.416 e. The molecule has 0 saturated carbocycles. The smallest absolute Gasteiger partial charge is 0.398 e. The summed E-state index contributed by atoms with van der Waals surface area (Å²) in [7, 11) is 0. The molecule has 208 valence electrons. The number of aryl methyl sites for hydroxylation is 2. The first-order valence-electron chi connectivity index (χ1n) is 12.2. The number of rotatable bonds is 10. The molecule has 0 aliphatic rings. The number of carbonyl (C=O) groups excluding carboxylic acids is 3. The number of hydrogen-bond donors (Lipinski definition) is 5. The quantitative estimate of drug-likeness (QED) is 0.299. The third-order valence-corrected chi connectivity index (χ3v) is 5.58. The van der Waals surface area contributed by atoms with Gasteiger partial charge in [0, 0.05) is 24.3 Å². The Morgan fingerprint density at radius 1 is 0.947 bits per heavy atom. The summed E-state index contributed by atoms with van der Waals surface area (Å²) in [5.41, 5.74) is 7.58. The van der Waals surface area contributed by atoms with E-state index >= 15 is 0 Å². The molecule has 3 amide bonds. The summed E-state index contributed by atoms with van der Waals surface area (Å²) >= 11 is 0. The zero-order chi connectivity index (χ0) is 28.7. The van der Waals surface area contributed by atoms with Gasteiger partial charge in [-0.05, 0) is 69.5 Å². The molecule has 0 aliphatic carbocycles. The summed E-state index contributed by atoms with van der Waals surface area (Å²) in [6.45, 7) is 9.58. The Bertz CT molecular complexity index is 1160. The average Bonchev–Trinajstić information content (AvgIpc) is 2.78. The van der Waals surface area contributed by atoms with Crippen LogP contribution in [0.4, 0.5) is 18.9 Å². The van der Waals surface area contributed by atoms with Gasteiger partial charge in [-0.1, -0.05) is 23.8 Å². The molecule has 0 unspecified atom stereocenters. The first-order chi connectivity index (χ1) is 17.5. The normalized spacial score (nSPS) is 12.5. The van der Waals surface area contributed by atoms with Crippen LogP contribution >= 0.6 is 0 Å². The Morgan fingerprint density at radius 2 is 1.63 bits per heavy atom. The number of amides is 3. The number of nitrogen functional groups attached to an aromatic ring is 1. The molecule has 0 bridgehead atoms. The molecule has 2 aromatic carbocycles. The van der Waals surface area contributed by atoms with E-state index < -0.39 is 54.0 Å². The second kappa shape index (κ2) is 12.8. The van der Waals surface area contributed by atoms with E-state index in [0.29, 0.717) is 6.54 Å². The van der Waals surface area contributed by atoms with E-state index in [2.05, 4.69) is 27.3 Å². The van der Waals surface area contributed by atoms with E-state index in [9.17, 15) is 27.6 Å². The molecule has 0 aliphatic heterocycles. The van der Waals surface area contributed by atoms with Crippen LogP contribution in [0.5, 0.6) is 0 Å². The fourth-order valence-electron chi connectivity index (χ4n) is 3.66. The molecular weight excluding hydrogens is 499 g/mol. The van der Waals surface area contributed by atoms with Crippen molar-refractivity contribution >= 4 is 23.4 Å². The Kier molecular flexibility index (Phi) is 10.3. The standard InChI is InChI=1S/C27H36F3N5O3/c1-16-6-7-18(17(2)10-16)13-32-14-22(25(38)35-26(3,4)5)34-24(37)15-33-23(36)12-19-11-20(27(28,29)30)8-9-21(19)31/h6-11,22,32H,12-15,31H2,1-5H3,(H,33,36)(H,34,37)(H,35,38)/t22-/m0/s1. The van der Waals surface area contributed by atoms with Gasteiger partial charge in [0.25, 0.3) is 0 Å². The highest BCUT2D eigenvalue weighted by Gasteiger charge is 2.31. The largest absolute Gasteiger partial charge is 0.416 e. The molecule has 2 rings (SSSR count). The number of alkyl halides is 3. The van der Waals surface area contributed by atoms with Gasteiger partial charge in [-0.2, -0.15) is 13.2 Å². The maximum atomic E-state index is 13.0. The minimum Gasteiger partial charge on any atom is -0.398 e. The third-order valence-electron chi connectivity index (χ3n) is 5.58. The number of nitrogens with one attached hydrogen (secondary N) is 4. The zero-order valence-electron chi connectivity index (χ0n) is 22.3. The fourth-order valence-corrected chi connectivity index (χ4v) is 3.66. The maximum absolute atomic E-state index is 13.0. The Hall–Kier alpha value is -3.60.